The molecule has 6 heteroatoms. The minimum atomic E-state index is -0.369. The van der Waals surface area contributed by atoms with Gasteiger partial charge in [-0.3, -0.25) is 9.69 Å². The third kappa shape index (κ3) is 4.24. The zero-order valence-corrected chi connectivity index (χ0v) is 16.0. The number of amides is 1. The van der Waals surface area contributed by atoms with E-state index in [0.29, 0.717) is 24.4 Å². The summed E-state index contributed by atoms with van der Waals surface area (Å²) in [7, 11) is 2.04. The molecule has 2 aliphatic rings. The number of carbonyl (C=O) groups excluding carboxylic acids is 2. The predicted molar refractivity (Wildman–Crippen MR) is 101 cm³/mol. The van der Waals surface area contributed by atoms with Gasteiger partial charge in [0.2, 0.25) is 0 Å². The van der Waals surface area contributed by atoms with E-state index in [0.717, 1.165) is 31.7 Å². The topological polar surface area (TPSA) is 53.1 Å². The second-order valence-corrected chi connectivity index (χ2v) is 7.39. The van der Waals surface area contributed by atoms with Gasteiger partial charge in [-0.15, -0.1) is 0 Å². The molecule has 1 unspecified atom stereocenters. The summed E-state index contributed by atoms with van der Waals surface area (Å²) in [4.78, 5) is 30.9. The quantitative estimate of drug-likeness (QED) is 0.774. The maximum absolute atomic E-state index is 12.5. The first kappa shape index (κ1) is 18.9. The molecule has 1 atom stereocenters. The highest BCUT2D eigenvalue weighted by atomic mass is 16.6. The monoisotopic (exact) mass is 359 g/mol. The number of ether oxygens (including phenoxy) is 1. The van der Waals surface area contributed by atoms with Crippen LogP contribution in [0, 0.1) is 0 Å². The van der Waals surface area contributed by atoms with Crippen LogP contribution in [-0.2, 0) is 0 Å². The fraction of sp³-hybridized carbons (Fsp3) is 0.600. The van der Waals surface area contributed by atoms with E-state index in [1.54, 1.807) is 11.0 Å². The Hall–Kier alpha value is -1.92. The van der Waals surface area contributed by atoms with Crippen LogP contribution in [0.2, 0.25) is 0 Å². The number of Topliss-reactive ketones (excluding diaryl/α,β-unsaturated/α-hetero) is 1. The normalized spacial score (nSPS) is 20.2. The molecule has 1 aromatic rings. The van der Waals surface area contributed by atoms with Gasteiger partial charge < -0.3 is 14.5 Å². The van der Waals surface area contributed by atoms with Crippen molar-refractivity contribution in [3.63, 3.8) is 0 Å². The fourth-order valence-corrected chi connectivity index (χ4v) is 3.66. The Bertz CT molecular complexity index is 662. The van der Waals surface area contributed by atoms with Crippen molar-refractivity contribution in [3.05, 3.63) is 29.3 Å². The van der Waals surface area contributed by atoms with E-state index in [1.807, 2.05) is 19.2 Å². The Morgan fingerprint density at radius 2 is 1.69 bits per heavy atom. The molecular weight excluding hydrogens is 330 g/mol. The number of hydrogen-bond donors (Lipinski definition) is 0. The van der Waals surface area contributed by atoms with Crippen molar-refractivity contribution in [1.29, 1.82) is 0 Å². The first-order valence-electron chi connectivity index (χ1n) is 9.50. The first-order valence-corrected chi connectivity index (χ1v) is 9.50. The van der Waals surface area contributed by atoms with Crippen molar-refractivity contribution >= 4 is 11.9 Å². The molecule has 142 valence electrons. The van der Waals surface area contributed by atoms with Gasteiger partial charge in [0.25, 0.3) is 0 Å². The van der Waals surface area contributed by atoms with Crippen LogP contribution in [0.4, 0.5) is 4.79 Å². The summed E-state index contributed by atoms with van der Waals surface area (Å²) in [6, 6.07) is 5.89. The highest BCUT2D eigenvalue weighted by Crippen LogP contribution is 2.30. The summed E-state index contributed by atoms with van der Waals surface area (Å²) in [6.45, 7) is 8.81. The maximum atomic E-state index is 12.5. The molecule has 0 aromatic heterocycles. The zero-order chi connectivity index (χ0) is 18.7. The van der Waals surface area contributed by atoms with Crippen LogP contribution in [0.3, 0.4) is 0 Å². The lowest BCUT2D eigenvalue weighted by Crippen LogP contribution is -2.48. The number of rotatable bonds is 4. The van der Waals surface area contributed by atoms with E-state index in [1.165, 1.54) is 19.8 Å². The highest BCUT2D eigenvalue weighted by molar-refractivity contribution is 5.97. The van der Waals surface area contributed by atoms with Crippen molar-refractivity contribution in [1.82, 2.24) is 14.7 Å². The largest absolute Gasteiger partial charge is 0.415 e. The fourth-order valence-electron chi connectivity index (χ4n) is 3.66. The molecule has 0 spiro atoms. The van der Waals surface area contributed by atoms with Gasteiger partial charge in [0.05, 0.1) is 5.56 Å². The van der Waals surface area contributed by atoms with Crippen LogP contribution < -0.4 is 4.74 Å². The van der Waals surface area contributed by atoms with Gasteiger partial charge in [0, 0.05) is 32.2 Å². The van der Waals surface area contributed by atoms with Crippen LogP contribution in [-0.4, -0.2) is 72.9 Å². The van der Waals surface area contributed by atoms with Gasteiger partial charge in [-0.05, 0) is 64.5 Å². The van der Waals surface area contributed by atoms with Crippen molar-refractivity contribution in [2.24, 2.45) is 0 Å². The number of nitrogens with zero attached hydrogens (tertiary/aromatic N) is 3. The average Bonchev–Trinajstić information content (AvgIpc) is 3.16. The van der Waals surface area contributed by atoms with Gasteiger partial charge in [-0.25, -0.2) is 4.79 Å². The zero-order valence-electron chi connectivity index (χ0n) is 16.0. The molecule has 1 amide bonds. The lowest BCUT2D eigenvalue weighted by atomic mass is 10.0. The molecule has 2 saturated heterocycles. The van der Waals surface area contributed by atoms with E-state index in [-0.39, 0.29) is 17.9 Å². The summed E-state index contributed by atoms with van der Waals surface area (Å²) < 4.78 is 5.66. The Morgan fingerprint density at radius 1 is 1.04 bits per heavy atom. The first-order chi connectivity index (χ1) is 12.5. The predicted octanol–water partition coefficient (Wildman–Crippen LogP) is 2.79. The molecule has 0 bridgehead atoms. The van der Waals surface area contributed by atoms with E-state index >= 15 is 0 Å². The Kier molecular flexibility index (Phi) is 5.94. The smallest absolute Gasteiger partial charge is 0.409 e. The molecule has 0 radical (unpaired) electrons. The van der Waals surface area contributed by atoms with Crippen molar-refractivity contribution < 1.29 is 14.3 Å². The number of ketones is 1. The molecule has 0 aliphatic carbocycles. The SMILES string of the molecule is CC(=O)c1ccc(C(C)N2CCCC2)cc1OC(=O)N1CCN(C)CC1. The second kappa shape index (κ2) is 8.18. The summed E-state index contributed by atoms with van der Waals surface area (Å²) in [5.74, 6) is 0.288. The number of benzene rings is 1. The van der Waals surface area contributed by atoms with Gasteiger partial charge in [-0.2, -0.15) is 0 Å². The minimum absolute atomic E-state index is 0.0912. The molecule has 26 heavy (non-hydrogen) atoms. The highest BCUT2D eigenvalue weighted by Gasteiger charge is 2.24. The lowest BCUT2D eigenvalue weighted by Gasteiger charge is -2.31. The molecule has 1 aromatic carbocycles. The summed E-state index contributed by atoms with van der Waals surface area (Å²) in [6.07, 6.45) is 2.08. The van der Waals surface area contributed by atoms with Crippen molar-refractivity contribution in [2.75, 3.05) is 46.3 Å². The second-order valence-electron chi connectivity index (χ2n) is 7.39. The molecule has 2 aliphatic heterocycles. The number of carbonyl (C=O) groups is 2. The van der Waals surface area contributed by atoms with Crippen LogP contribution in [0.5, 0.6) is 5.75 Å². The summed E-state index contributed by atoms with van der Waals surface area (Å²) in [5, 5.41) is 0. The van der Waals surface area contributed by atoms with Crippen LogP contribution in [0.25, 0.3) is 0 Å². The minimum Gasteiger partial charge on any atom is -0.409 e. The van der Waals surface area contributed by atoms with Gasteiger partial charge in [-0.1, -0.05) is 6.07 Å². The number of hydrogen-bond acceptors (Lipinski definition) is 5. The third-order valence-corrected chi connectivity index (χ3v) is 5.51. The van der Waals surface area contributed by atoms with Crippen LogP contribution in [0.15, 0.2) is 18.2 Å². The number of likely N-dealkylation sites (tertiary alicyclic amines) is 1. The number of likely N-dealkylation sites (N-methyl/N-ethyl adjacent to an activating group) is 1. The van der Waals surface area contributed by atoms with E-state index in [2.05, 4.69) is 16.7 Å². The molecule has 0 saturated carbocycles. The van der Waals surface area contributed by atoms with Gasteiger partial charge >= 0.3 is 6.09 Å². The van der Waals surface area contributed by atoms with E-state index in [9.17, 15) is 9.59 Å². The van der Waals surface area contributed by atoms with Crippen LogP contribution >= 0.6 is 0 Å². The van der Waals surface area contributed by atoms with Crippen molar-refractivity contribution in [3.8, 4) is 5.75 Å². The standard InChI is InChI=1S/C20H29N3O3/c1-15(22-8-4-5-9-22)17-6-7-18(16(2)24)19(14-17)26-20(25)23-12-10-21(3)11-13-23/h6-7,14-15H,4-5,8-13H2,1-3H3. The molecule has 3 rings (SSSR count). The molecule has 2 fully saturated rings. The Labute approximate surface area is 155 Å². The maximum Gasteiger partial charge on any atom is 0.415 e. The third-order valence-electron chi connectivity index (χ3n) is 5.51. The molecule has 6 nitrogen and oxygen atoms in total. The van der Waals surface area contributed by atoms with Crippen LogP contribution in [0.1, 0.15) is 48.7 Å². The molecular formula is C20H29N3O3. The number of piperazine rings is 1. The van der Waals surface area contributed by atoms with Gasteiger partial charge in [0.1, 0.15) is 5.75 Å². The summed E-state index contributed by atoms with van der Waals surface area (Å²) >= 11 is 0. The van der Waals surface area contributed by atoms with E-state index in [4.69, 9.17) is 4.74 Å². The lowest BCUT2D eigenvalue weighted by molar-refractivity contribution is 0.101. The summed E-state index contributed by atoms with van der Waals surface area (Å²) in [5.41, 5.74) is 1.54. The Morgan fingerprint density at radius 3 is 2.31 bits per heavy atom. The molecule has 0 N–H and O–H groups in total. The van der Waals surface area contributed by atoms with E-state index < -0.39 is 0 Å². The molecule has 2 heterocycles. The Balaban J connectivity index is 1.78. The average molecular weight is 359 g/mol. The van der Waals surface area contributed by atoms with Crippen molar-refractivity contribution in [2.45, 2.75) is 32.7 Å². The van der Waals surface area contributed by atoms with Gasteiger partial charge in [0.15, 0.2) is 5.78 Å².